The average Bonchev–Trinajstić information content (AvgIpc) is 2.64. The number of Topliss-reactive ketones (excluding diaryl/α,β-unsaturated/α-hetero) is 1. The van der Waals surface area contributed by atoms with E-state index in [1.54, 1.807) is 19.9 Å². The molecule has 0 saturated heterocycles. The van der Waals surface area contributed by atoms with E-state index in [9.17, 15) is 34.7 Å². The molecule has 0 amide bonds. The Morgan fingerprint density at radius 3 is 2.23 bits per heavy atom. The molecular formula is C20H25NO9. The molecule has 3 N–H and O–H groups in total. The van der Waals surface area contributed by atoms with Gasteiger partial charge in [0.1, 0.15) is 17.6 Å². The third-order valence-electron chi connectivity index (χ3n) is 4.64. The molecule has 0 aliphatic heterocycles. The Balaban J connectivity index is 3.71. The number of ketones is 1. The summed E-state index contributed by atoms with van der Waals surface area (Å²) in [7, 11) is 0. The third-order valence-corrected chi connectivity index (χ3v) is 4.64. The van der Waals surface area contributed by atoms with Gasteiger partial charge in [0, 0.05) is 6.42 Å². The van der Waals surface area contributed by atoms with Crippen LogP contribution in [0, 0.1) is 16.0 Å². The quantitative estimate of drug-likeness (QED) is 0.159. The van der Waals surface area contributed by atoms with Crippen LogP contribution in [0.4, 0.5) is 0 Å². The number of benzene rings is 1. The number of aryl methyl sites for hydroxylation is 1. The molecule has 0 aliphatic carbocycles. The van der Waals surface area contributed by atoms with Crippen LogP contribution in [0.3, 0.4) is 0 Å². The van der Waals surface area contributed by atoms with E-state index in [0.29, 0.717) is 12.0 Å². The van der Waals surface area contributed by atoms with Crippen molar-refractivity contribution in [2.75, 3.05) is 0 Å². The lowest BCUT2D eigenvalue weighted by molar-refractivity contribution is -0.436. The number of aliphatic hydroxyl groups is 2. The predicted octanol–water partition coefficient (Wildman–Crippen LogP) is 2.90. The number of carbonyl (C=O) groups excluding carboxylic acids is 2. The number of esters is 1. The molecule has 0 saturated carbocycles. The van der Waals surface area contributed by atoms with Gasteiger partial charge in [-0.1, -0.05) is 31.2 Å². The number of rotatable bonds is 11. The zero-order chi connectivity index (χ0) is 23.0. The van der Waals surface area contributed by atoms with Gasteiger partial charge in [-0.15, -0.1) is 0 Å². The van der Waals surface area contributed by atoms with E-state index in [0.717, 1.165) is 6.92 Å². The minimum atomic E-state index is -1.74. The average molecular weight is 423 g/mol. The van der Waals surface area contributed by atoms with Gasteiger partial charge in [0.25, 0.3) is 0 Å². The molecule has 10 heteroatoms. The highest BCUT2D eigenvalue weighted by atomic mass is 16.6. The van der Waals surface area contributed by atoms with Gasteiger partial charge >= 0.3 is 23.6 Å². The Morgan fingerprint density at radius 2 is 1.77 bits per heavy atom. The summed E-state index contributed by atoms with van der Waals surface area (Å²) in [5, 5.41) is 39.8. The van der Waals surface area contributed by atoms with Crippen molar-refractivity contribution in [2.45, 2.75) is 52.1 Å². The summed E-state index contributed by atoms with van der Waals surface area (Å²) < 4.78 is 5.21. The molecule has 10 nitrogen and oxygen atoms in total. The Bertz CT molecular complexity index is 842. The lowest BCUT2D eigenvalue weighted by Crippen LogP contribution is -2.35. The first-order valence-electron chi connectivity index (χ1n) is 9.28. The summed E-state index contributed by atoms with van der Waals surface area (Å²) in [6.45, 7) is 4.36. The Kier molecular flexibility index (Phi) is 8.97. The first-order chi connectivity index (χ1) is 14.0. The summed E-state index contributed by atoms with van der Waals surface area (Å²) >= 11 is 0. The first kappa shape index (κ1) is 24.6. The smallest absolute Gasteiger partial charge is 0.351 e. The minimum Gasteiger partial charge on any atom is -0.481 e. The fourth-order valence-electron chi connectivity index (χ4n) is 3.02. The summed E-state index contributed by atoms with van der Waals surface area (Å²) in [4.78, 5) is 46.7. The highest BCUT2D eigenvalue weighted by Crippen LogP contribution is 2.37. The van der Waals surface area contributed by atoms with E-state index < -0.39 is 52.2 Å². The molecule has 0 aromatic heterocycles. The molecule has 0 spiro atoms. The second-order valence-electron chi connectivity index (χ2n) is 6.78. The highest BCUT2D eigenvalue weighted by molar-refractivity contribution is 5.99. The predicted molar refractivity (Wildman–Crippen MR) is 104 cm³/mol. The zero-order valence-corrected chi connectivity index (χ0v) is 16.9. The molecule has 30 heavy (non-hydrogen) atoms. The van der Waals surface area contributed by atoms with Gasteiger partial charge in [0.05, 0.1) is 11.0 Å². The van der Waals surface area contributed by atoms with Crippen molar-refractivity contribution in [3.8, 4) is 0 Å². The number of allylic oxidation sites excluding steroid dienone is 1. The maximum atomic E-state index is 12.8. The van der Waals surface area contributed by atoms with Gasteiger partial charge in [-0.05, 0) is 37.8 Å². The van der Waals surface area contributed by atoms with Crippen molar-refractivity contribution in [1.29, 1.82) is 0 Å². The van der Waals surface area contributed by atoms with Gasteiger partial charge in [-0.2, -0.15) is 0 Å². The lowest BCUT2D eigenvalue weighted by atomic mass is 9.78. The van der Waals surface area contributed by atoms with Crippen LogP contribution in [0.2, 0.25) is 0 Å². The topological polar surface area (TPSA) is 164 Å². The number of aliphatic carboxylic acids is 1. The molecule has 0 bridgehead atoms. The van der Waals surface area contributed by atoms with Crippen molar-refractivity contribution in [1.82, 2.24) is 0 Å². The fraction of sp³-hybridized carbons (Fsp3) is 0.450. The van der Waals surface area contributed by atoms with Crippen molar-refractivity contribution in [3.63, 3.8) is 0 Å². The molecule has 1 aromatic carbocycles. The maximum Gasteiger partial charge on any atom is 0.351 e. The zero-order valence-electron chi connectivity index (χ0n) is 16.9. The van der Waals surface area contributed by atoms with Gasteiger partial charge in [-0.3, -0.25) is 24.5 Å². The van der Waals surface area contributed by atoms with Crippen LogP contribution in [-0.4, -0.2) is 44.1 Å². The molecule has 0 aliphatic rings. The molecule has 3 atom stereocenters. The number of nitro groups is 1. The second-order valence-corrected chi connectivity index (χ2v) is 6.78. The first-order valence-corrected chi connectivity index (χ1v) is 9.28. The number of aliphatic hydroxyl groups excluding tert-OH is 1. The Labute approximate surface area is 172 Å². The minimum absolute atomic E-state index is 0.0514. The monoisotopic (exact) mass is 423 g/mol. The number of hydrogen-bond donors (Lipinski definition) is 3. The largest absolute Gasteiger partial charge is 0.481 e. The molecular weight excluding hydrogens is 398 g/mol. The summed E-state index contributed by atoms with van der Waals surface area (Å²) in [6, 6.07) is 5.91. The van der Waals surface area contributed by atoms with Crippen LogP contribution >= 0.6 is 0 Å². The van der Waals surface area contributed by atoms with Crippen molar-refractivity contribution in [3.05, 3.63) is 57.1 Å². The molecule has 3 unspecified atom stereocenters. The third kappa shape index (κ3) is 6.29. The van der Waals surface area contributed by atoms with E-state index in [1.165, 1.54) is 18.2 Å². The Morgan fingerprint density at radius 1 is 1.17 bits per heavy atom. The summed E-state index contributed by atoms with van der Waals surface area (Å²) in [5.41, 5.74) is -0.778. The van der Waals surface area contributed by atoms with Crippen LogP contribution in [0.5, 0.6) is 0 Å². The van der Waals surface area contributed by atoms with Gasteiger partial charge in [0.15, 0.2) is 0 Å². The van der Waals surface area contributed by atoms with E-state index in [4.69, 9.17) is 9.84 Å². The SMILES string of the molecule is CCC(C)OC(=O)C(C(C)=O)C(C(=C(O)O)[N+](=O)[O-])c1ccccc1CCC(=O)O. The van der Waals surface area contributed by atoms with E-state index in [2.05, 4.69) is 0 Å². The molecule has 1 rings (SSSR count). The molecule has 0 radical (unpaired) electrons. The van der Waals surface area contributed by atoms with Crippen LogP contribution in [0.1, 0.15) is 50.7 Å². The van der Waals surface area contributed by atoms with Crippen LogP contribution in [0.15, 0.2) is 35.9 Å². The van der Waals surface area contributed by atoms with E-state index >= 15 is 0 Å². The van der Waals surface area contributed by atoms with Crippen LogP contribution in [-0.2, 0) is 25.5 Å². The van der Waals surface area contributed by atoms with Gasteiger partial charge in [0.2, 0.25) is 0 Å². The standard InChI is InChI=1S/C20H25NO9/c1-4-11(2)30-20(27)16(12(3)22)17(18(19(25)26)21(28)29)14-8-6-5-7-13(14)9-10-15(23)24/h5-8,11,16-17,25-26H,4,9-10H2,1-3H3,(H,23,24). The summed E-state index contributed by atoms with van der Waals surface area (Å²) in [6.07, 6.45) is -0.508. The normalized spacial score (nSPS) is 13.6. The number of carboxylic acid groups (broad SMARTS) is 1. The molecule has 1 aromatic rings. The molecule has 164 valence electrons. The van der Waals surface area contributed by atoms with Crippen molar-refractivity contribution < 1.29 is 39.4 Å². The van der Waals surface area contributed by atoms with Gasteiger partial charge < -0.3 is 20.1 Å². The lowest BCUT2D eigenvalue weighted by Gasteiger charge is -2.25. The fourth-order valence-corrected chi connectivity index (χ4v) is 3.02. The van der Waals surface area contributed by atoms with Crippen molar-refractivity contribution in [2.24, 2.45) is 5.92 Å². The molecule has 0 heterocycles. The Hall–Kier alpha value is -3.43. The van der Waals surface area contributed by atoms with E-state index in [-0.39, 0.29) is 18.4 Å². The summed E-state index contributed by atoms with van der Waals surface area (Å²) in [5.74, 6) is -8.02. The number of carboxylic acids is 1. The molecule has 0 fully saturated rings. The number of ether oxygens (including phenoxy) is 1. The number of hydrogen-bond acceptors (Lipinski definition) is 8. The highest BCUT2D eigenvalue weighted by Gasteiger charge is 2.46. The van der Waals surface area contributed by atoms with Crippen molar-refractivity contribution >= 4 is 17.7 Å². The second kappa shape index (κ2) is 10.9. The maximum absolute atomic E-state index is 12.8. The van der Waals surface area contributed by atoms with Crippen LogP contribution < -0.4 is 0 Å². The van der Waals surface area contributed by atoms with Gasteiger partial charge in [-0.25, -0.2) is 0 Å². The number of carbonyl (C=O) groups is 3. The van der Waals surface area contributed by atoms with E-state index in [1.807, 2.05) is 0 Å². The number of nitrogens with zero attached hydrogens (tertiary/aromatic N) is 1. The van der Waals surface area contributed by atoms with Crippen LogP contribution in [0.25, 0.3) is 0 Å².